The second-order valence-electron chi connectivity index (χ2n) is 6.76. The smallest absolute Gasteiger partial charge is 0.409 e. The summed E-state index contributed by atoms with van der Waals surface area (Å²) in [6.07, 6.45) is 3.18. The van der Waals surface area contributed by atoms with Crippen LogP contribution in [0.2, 0.25) is 5.02 Å². The molecule has 4 rings (SSSR count). The summed E-state index contributed by atoms with van der Waals surface area (Å²) in [7, 11) is 1.41. The molecule has 2 aromatic carbocycles. The summed E-state index contributed by atoms with van der Waals surface area (Å²) in [5, 5.41) is 1.49. The standard InChI is InChI=1S/C21H19ClN2O3/c1-27-21(26)24-7-6-15(11-24)13-2-4-14(5-3-13)17-8-18-16(12-25)10-23-20(18)9-19(17)22/h2-5,8-10,12,15,23H,6-7,11H2,1H3. The summed E-state index contributed by atoms with van der Waals surface area (Å²) in [6, 6.07) is 12.0. The van der Waals surface area contributed by atoms with Gasteiger partial charge in [0.1, 0.15) is 0 Å². The van der Waals surface area contributed by atoms with Crippen LogP contribution >= 0.6 is 11.6 Å². The minimum absolute atomic E-state index is 0.272. The fourth-order valence-electron chi connectivity index (χ4n) is 3.75. The zero-order valence-corrected chi connectivity index (χ0v) is 15.6. The molecule has 1 aliphatic heterocycles. The van der Waals surface area contributed by atoms with Crippen LogP contribution < -0.4 is 0 Å². The lowest BCUT2D eigenvalue weighted by molar-refractivity contribution is 0.112. The zero-order chi connectivity index (χ0) is 19.0. The molecule has 1 fully saturated rings. The maximum absolute atomic E-state index is 11.7. The molecule has 1 aliphatic rings. The van der Waals surface area contributed by atoms with E-state index in [0.717, 1.165) is 34.7 Å². The third-order valence-corrected chi connectivity index (χ3v) is 5.56. The highest BCUT2D eigenvalue weighted by molar-refractivity contribution is 6.34. The number of benzene rings is 2. The number of carbonyl (C=O) groups excluding carboxylic acids is 2. The molecule has 1 aromatic heterocycles. The Kier molecular flexibility index (Phi) is 4.62. The number of ether oxygens (including phenoxy) is 1. The van der Waals surface area contributed by atoms with Gasteiger partial charge < -0.3 is 14.6 Å². The van der Waals surface area contributed by atoms with Gasteiger partial charge in [0.05, 0.1) is 12.1 Å². The number of halogens is 1. The van der Waals surface area contributed by atoms with Crippen LogP contribution in [0, 0.1) is 0 Å². The van der Waals surface area contributed by atoms with E-state index in [1.54, 1.807) is 11.1 Å². The average molecular weight is 383 g/mol. The van der Waals surface area contributed by atoms with Crippen molar-refractivity contribution in [1.29, 1.82) is 0 Å². The highest BCUT2D eigenvalue weighted by atomic mass is 35.5. The first-order chi connectivity index (χ1) is 13.1. The first-order valence-electron chi connectivity index (χ1n) is 8.79. The number of hydrogen-bond acceptors (Lipinski definition) is 3. The Labute approximate surface area is 161 Å². The quantitative estimate of drug-likeness (QED) is 0.658. The Morgan fingerprint density at radius 2 is 2.07 bits per heavy atom. The Bertz CT molecular complexity index is 1010. The number of H-pyrrole nitrogens is 1. The molecular weight excluding hydrogens is 364 g/mol. The molecule has 0 aliphatic carbocycles. The fourth-order valence-corrected chi connectivity index (χ4v) is 4.02. The van der Waals surface area contributed by atoms with Crippen LogP contribution in [-0.2, 0) is 4.74 Å². The average Bonchev–Trinajstić information content (AvgIpc) is 3.33. The van der Waals surface area contributed by atoms with Crippen molar-refractivity contribution in [2.24, 2.45) is 0 Å². The number of hydrogen-bond donors (Lipinski definition) is 1. The number of aldehydes is 1. The molecule has 1 amide bonds. The number of amides is 1. The molecule has 0 radical (unpaired) electrons. The van der Waals surface area contributed by atoms with Crippen molar-refractivity contribution in [2.75, 3.05) is 20.2 Å². The van der Waals surface area contributed by atoms with E-state index in [1.165, 1.54) is 12.7 Å². The second kappa shape index (κ2) is 7.08. The van der Waals surface area contributed by atoms with Gasteiger partial charge in [0.15, 0.2) is 6.29 Å². The van der Waals surface area contributed by atoms with E-state index in [9.17, 15) is 9.59 Å². The van der Waals surface area contributed by atoms with Gasteiger partial charge in [-0.1, -0.05) is 35.9 Å². The van der Waals surface area contributed by atoms with Gasteiger partial charge in [-0.25, -0.2) is 4.79 Å². The van der Waals surface area contributed by atoms with E-state index < -0.39 is 0 Å². The van der Waals surface area contributed by atoms with E-state index >= 15 is 0 Å². The van der Waals surface area contributed by atoms with Gasteiger partial charge in [-0.05, 0) is 29.7 Å². The highest BCUT2D eigenvalue weighted by Crippen LogP contribution is 2.35. The summed E-state index contributed by atoms with van der Waals surface area (Å²) in [5.41, 5.74) is 4.54. The number of aromatic nitrogens is 1. The SMILES string of the molecule is COC(=O)N1CCC(c2ccc(-c3cc4c(C=O)c[nH]c4cc3Cl)cc2)C1. The first-order valence-corrected chi connectivity index (χ1v) is 9.17. The van der Waals surface area contributed by atoms with Gasteiger partial charge in [-0.3, -0.25) is 4.79 Å². The molecule has 1 saturated heterocycles. The lowest BCUT2D eigenvalue weighted by Gasteiger charge is -2.15. The number of aromatic amines is 1. The molecule has 6 heteroatoms. The highest BCUT2D eigenvalue weighted by Gasteiger charge is 2.27. The number of nitrogens with one attached hydrogen (secondary N) is 1. The molecule has 2 heterocycles. The van der Waals surface area contributed by atoms with Crippen LogP contribution in [0.1, 0.15) is 28.3 Å². The van der Waals surface area contributed by atoms with Crippen molar-refractivity contribution < 1.29 is 14.3 Å². The third-order valence-electron chi connectivity index (χ3n) is 5.24. The monoisotopic (exact) mass is 382 g/mol. The zero-order valence-electron chi connectivity index (χ0n) is 14.9. The van der Waals surface area contributed by atoms with Gasteiger partial charge in [-0.2, -0.15) is 0 Å². The van der Waals surface area contributed by atoms with Crippen molar-refractivity contribution in [2.45, 2.75) is 12.3 Å². The van der Waals surface area contributed by atoms with Crippen LogP contribution in [0.3, 0.4) is 0 Å². The van der Waals surface area contributed by atoms with E-state index in [-0.39, 0.29) is 6.09 Å². The molecular formula is C21H19ClN2O3. The Hall–Kier alpha value is -2.79. The molecule has 5 nitrogen and oxygen atoms in total. The second-order valence-corrected chi connectivity index (χ2v) is 7.17. The maximum atomic E-state index is 11.7. The molecule has 1 atom stereocenters. The summed E-state index contributed by atoms with van der Waals surface area (Å²) in [6.45, 7) is 1.38. The van der Waals surface area contributed by atoms with Crippen LogP contribution in [0.25, 0.3) is 22.0 Å². The molecule has 0 spiro atoms. The van der Waals surface area contributed by atoms with E-state index in [1.807, 2.05) is 24.3 Å². The van der Waals surface area contributed by atoms with Crippen molar-refractivity contribution in [1.82, 2.24) is 9.88 Å². The predicted octanol–water partition coefficient (Wildman–Crippen LogP) is 4.86. The fraction of sp³-hybridized carbons (Fsp3) is 0.238. The number of carbonyl (C=O) groups is 2. The largest absolute Gasteiger partial charge is 0.453 e. The van der Waals surface area contributed by atoms with Gasteiger partial charge in [0.25, 0.3) is 0 Å². The minimum Gasteiger partial charge on any atom is -0.453 e. The van der Waals surface area contributed by atoms with Crippen molar-refractivity contribution in [3.63, 3.8) is 0 Å². The molecule has 3 aromatic rings. The van der Waals surface area contributed by atoms with E-state index in [2.05, 4.69) is 17.1 Å². The number of fused-ring (bicyclic) bond motifs is 1. The van der Waals surface area contributed by atoms with Crippen LogP contribution in [0.4, 0.5) is 4.79 Å². The summed E-state index contributed by atoms with van der Waals surface area (Å²) in [5.74, 6) is 0.308. The molecule has 0 saturated carbocycles. The number of likely N-dealkylation sites (tertiary alicyclic amines) is 1. The van der Waals surface area contributed by atoms with Crippen LogP contribution in [0.15, 0.2) is 42.6 Å². The van der Waals surface area contributed by atoms with Crippen molar-refractivity contribution in [3.05, 3.63) is 58.7 Å². The van der Waals surface area contributed by atoms with Gasteiger partial charge in [0, 0.05) is 47.2 Å². The topological polar surface area (TPSA) is 62.4 Å². The lowest BCUT2D eigenvalue weighted by atomic mass is 9.95. The number of methoxy groups -OCH3 is 1. The van der Waals surface area contributed by atoms with Crippen molar-refractivity contribution >= 4 is 34.9 Å². The summed E-state index contributed by atoms with van der Waals surface area (Å²) in [4.78, 5) is 27.7. The lowest BCUT2D eigenvalue weighted by Crippen LogP contribution is -2.28. The molecule has 1 N–H and O–H groups in total. The van der Waals surface area contributed by atoms with Crippen LogP contribution in [-0.4, -0.2) is 42.5 Å². The molecule has 138 valence electrons. The van der Waals surface area contributed by atoms with Crippen molar-refractivity contribution in [3.8, 4) is 11.1 Å². The normalized spacial score (nSPS) is 16.7. The molecule has 0 bridgehead atoms. The maximum Gasteiger partial charge on any atom is 0.409 e. The van der Waals surface area contributed by atoms with Gasteiger partial charge in [0.2, 0.25) is 0 Å². The minimum atomic E-state index is -0.272. The Balaban J connectivity index is 1.61. The Morgan fingerprint density at radius 3 is 2.78 bits per heavy atom. The molecule has 27 heavy (non-hydrogen) atoms. The van der Waals surface area contributed by atoms with Gasteiger partial charge >= 0.3 is 6.09 Å². The van der Waals surface area contributed by atoms with E-state index in [0.29, 0.717) is 29.6 Å². The summed E-state index contributed by atoms with van der Waals surface area (Å²) < 4.78 is 4.80. The van der Waals surface area contributed by atoms with E-state index in [4.69, 9.17) is 16.3 Å². The number of rotatable bonds is 3. The van der Waals surface area contributed by atoms with Crippen LogP contribution in [0.5, 0.6) is 0 Å². The number of nitrogens with zero attached hydrogens (tertiary/aromatic N) is 1. The summed E-state index contributed by atoms with van der Waals surface area (Å²) >= 11 is 6.46. The predicted molar refractivity (Wildman–Crippen MR) is 105 cm³/mol. The Morgan fingerprint density at radius 1 is 1.30 bits per heavy atom. The van der Waals surface area contributed by atoms with Gasteiger partial charge in [-0.15, -0.1) is 0 Å². The third kappa shape index (κ3) is 3.19. The molecule has 1 unspecified atom stereocenters. The first kappa shape index (κ1) is 17.6.